The molecule has 0 bridgehead atoms. The summed E-state index contributed by atoms with van der Waals surface area (Å²) in [5, 5.41) is 20.4. The summed E-state index contributed by atoms with van der Waals surface area (Å²) in [7, 11) is -0.673. The number of benzene rings is 3. The zero-order valence-electron chi connectivity index (χ0n) is 19.8. The minimum Gasteiger partial charge on any atom is -0.465 e. The van der Waals surface area contributed by atoms with Gasteiger partial charge in [-0.3, -0.25) is 4.79 Å². The van der Waals surface area contributed by atoms with Crippen molar-refractivity contribution in [2.45, 2.75) is 22.3 Å². The number of carbonyl (C=O) groups excluding carboxylic acids is 1. The summed E-state index contributed by atoms with van der Waals surface area (Å²) in [5.74, 6) is -0.300. The highest BCUT2D eigenvalue weighted by atomic mass is 35.5. The summed E-state index contributed by atoms with van der Waals surface area (Å²) < 4.78 is 26.2. The molecule has 0 heterocycles. The van der Waals surface area contributed by atoms with Crippen molar-refractivity contribution in [3.05, 3.63) is 94.5 Å². The number of rotatable bonds is 9. The Morgan fingerprint density at radius 2 is 1.61 bits per heavy atom. The molecule has 0 saturated heterocycles. The molecule has 0 saturated carbocycles. The lowest BCUT2D eigenvalue weighted by Gasteiger charge is -2.23. The summed E-state index contributed by atoms with van der Waals surface area (Å²) in [4.78, 5) is 26.4. The molecular formula is C26H27ClN2O6S. The number of nitrogens with zero attached hydrogens (tertiary/aromatic N) is 2. The van der Waals surface area contributed by atoms with E-state index in [9.17, 15) is 28.2 Å². The summed E-state index contributed by atoms with van der Waals surface area (Å²) in [6, 6.07) is 18.6. The second-order valence-corrected chi connectivity index (χ2v) is 10.8. The summed E-state index contributed by atoms with van der Waals surface area (Å²) >= 11 is 5.95. The van der Waals surface area contributed by atoms with Crippen LogP contribution in [0.25, 0.3) is 0 Å². The highest BCUT2D eigenvalue weighted by Gasteiger charge is 2.21. The summed E-state index contributed by atoms with van der Waals surface area (Å²) in [6.07, 6.45) is -1.90. The van der Waals surface area contributed by atoms with Gasteiger partial charge in [-0.15, -0.1) is 0 Å². The molecule has 36 heavy (non-hydrogen) atoms. The van der Waals surface area contributed by atoms with Gasteiger partial charge in [0, 0.05) is 31.2 Å². The van der Waals surface area contributed by atoms with Crippen LogP contribution in [-0.4, -0.2) is 67.6 Å². The molecule has 190 valence electrons. The van der Waals surface area contributed by atoms with E-state index < -0.39 is 22.0 Å². The van der Waals surface area contributed by atoms with E-state index in [1.807, 2.05) is 0 Å². The Labute approximate surface area is 215 Å². The fourth-order valence-corrected chi connectivity index (χ4v) is 5.09. The fourth-order valence-electron chi connectivity index (χ4n) is 3.58. The summed E-state index contributed by atoms with van der Waals surface area (Å²) in [5.41, 5.74) is 1.51. The van der Waals surface area contributed by atoms with Gasteiger partial charge in [-0.05, 0) is 60.0 Å². The lowest BCUT2D eigenvalue weighted by Crippen LogP contribution is -2.35. The predicted octanol–water partition coefficient (Wildman–Crippen LogP) is 4.13. The number of carbonyl (C=O) groups is 2. The molecule has 0 radical (unpaired) electrons. The van der Waals surface area contributed by atoms with Crippen molar-refractivity contribution < 1.29 is 28.2 Å². The molecule has 10 heteroatoms. The van der Waals surface area contributed by atoms with Gasteiger partial charge in [0.1, 0.15) is 0 Å². The molecule has 0 aliphatic carbocycles. The Morgan fingerprint density at radius 3 is 2.22 bits per heavy atom. The van der Waals surface area contributed by atoms with Crippen LogP contribution in [0, 0.1) is 0 Å². The number of hydrogen-bond donors (Lipinski definition) is 2. The maximum Gasteiger partial charge on any atom is 0.407 e. The summed E-state index contributed by atoms with van der Waals surface area (Å²) in [6.45, 7) is -0.0299. The molecule has 3 rings (SSSR count). The SMILES string of the molecule is CN(C)C(=O)c1cccc(S(=O)(=O)c2ccc(CCN(C[C@H](O)c3cccc(Cl)c3)C(=O)O)cc2)c1. The quantitative estimate of drug-likeness (QED) is 0.430. The highest BCUT2D eigenvalue weighted by Crippen LogP contribution is 2.23. The van der Waals surface area contributed by atoms with Gasteiger partial charge in [0.15, 0.2) is 0 Å². The van der Waals surface area contributed by atoms with Gasteiger partial charge in [-0.2, -0.15) is 0 Å². The van der Waals surface area contributed by atoms with Gasteiger partial charge < -0.3 is 20.0 Å². The van der Waals surface area contributed by atoms with Gasteiger partial charge in [-0.1, -0.05) is 41.9 Å². The van der Waals surface area contributed by atoms with Gasteiger partial charge in [0.2, 0.25) is 9.84 Å². The van der Waals surface area contributed by atoms with Crippen LogP contribution in [-0.2, 0) is 16.3 Å². The first kappa shape index (κ1) is 27.2. The first-order valence-electron chi connectivity index (χ1n) is 11.1. The zero-order chi connectivity index (χ0) is 26.5. The monoisotopic (exact) mass is 530 g/mol. The van der Waals surface area contributed by atoms with Crippen LogP contribution in [0.2, 0.25) is 5.02 Å². The fraction of sp³-hybridized carbons (Fsp3) is 0.231. The highest BCUT2D eigenvalue weighted by molar-refractivity contribution is 7.91. The van der Waals surface area contributed by atoms with Crippen molar-refractivity contribution in [2.75, 3.05) is 27.2 Å². The third-order valence-corrected chi connectivity index (χ3v) is 7.60. The second kappa shape index (κ2) is 11.6. The maximum absolute atomic E-state index is 13.1. The first-order chi connectivity index (χ1) is 17.0. The second-order valence-electron chi connectivity index (χ2n) is 8.42. The number of halogens is 1. The first-order valence-corrected chi connectivity index (χ1v) is 12.9. The number of hydrogen-bond acceptors (Lipinski definition) is 5. The Hall–Kier alpha value is -3.40. The van der Waals surface area contributed by atoms with E-state index in [4.69, 9.17) is 11.6 Å². The van der Waals surface area contributed by atoms with Crippen LogP contribution in [0.1, 0.15) is 27.6 Å². The molecule has 1 atom stereocenters. The van der Waals surface area contributed by atoms with Crippen molar-refractivity contribution in [3.63, 3.8) is 0 Å². The van der Waals surface area contributed by atoms with Crippen molar-refractivity contribution in [1.29, 1.82) is 0 Å². The van der Waals surface area contributed by atoms with Crippen molar-refractivity contribution in [1.82, 2.24) is 9.80 Å². The Kier molecular flexibility index (Phi) is 8.73. The molecule has 3 aromatic rings. The van der Waals surface area contributed by atoms with Crippen LogP contribution >= 0.6 is 11.6 Å². The molecule has 0 spiro atoms. The molecular weight excluding hydrogens is 504 g/mol. The average Bonchev–Trinajstić information content (AvgIpc) is 2.86. The Balaban J connectivity index is 1.70. The van der Waals surface area contributed by atoms with Gasteiger partial charge >= 0.3 is 6.09 Å². The zero-order valence-corrected chi connectivity index (χ0v) is 21.4. The number of amides is 2. The third kappa shape index (κ3) is 6.63. The van der Waals surface area contributed by atoms with Gasteiger partial charge in [-0.25, -0.2) is 13.2 Å². The van der Waals surface area contributed by atoms with E-state index in [0.717, 1.165) is 10.5 Å². The molecule has 0 unspecified atom stereocenters. The molecule has 8 nitrogen and oxygen atoms in total. The van der Waals surface area contributed by atoms with Crippen molar-refractivity contribution >= 4 is 33.4 Å². The lowest BCUT2D eigenvalue weighted by atomic mass is 10.1. The number of aliphatic hydroxyl groups excluding tert-OH is 1. The van der Waals surface area contributed by atoms with E-state index in [1.165, 1.54) is 35.2 Å². The molecule has 2 amide bonds. The van der Waals surface area contributed by atoms with E-state index in [2.05, 4.69) is 0 Å². The van der Waals surface area contributed by atoms with E-state index in [-0.39, 0.29) is 34.4 Å². The molecule has 0 aromatic heterocycles. The topological polar surface area (TPSA) is 115 Å². The Morgan fingerprint density at radius 1 is 0.944 bits per heavy atom. The number of aliphatic hydroxyl groups is 1. The molecule has 2 N–H and O–H groups in total. The van der Waals surface area contributed by atoms with Gasteiger partial charge in [0.25, 0.3) is 5.91 Å². The predicted molar refractivity (Wildman–Crippen MR) is 136 cm³/mol. The third-order valence-electron chi connectivity index (χ3n) is 5.60. The van der Waals surface area contributed by atoms with E-state index in [1.54, 1.807) is 56.6 Å². The Bertz CT molecular complexity index is 1340. The molecule has 0 fully saturated rings. The van der Waals surface area contributed by atoms with Crippen LogP contribution in [0.3, 0.4) is 0 Å². The molecule has 0 aliphatic rings. The maximum atomic E-state index is 13.1. The minimum absolute atomic E-state index is 0.00926. The van der Waals surface area contributed by atoms with Crippen LogP contribution < -0.4 is 0 Å². The lowest BCUT2D eigenvalue weighted by molar-refractivity contribution is 0.0827. The number of sulfone groups is 1. The smallest absolute Gasteiger partial charge is 0.407 e. The van der Waals surface area contributed by atoms with Crippen LogP contribution in [0.4, 0.5) is 4.79 Å². The average molecular weight is 531 g/mol. The normalized spacial score (nSPS) is 12.1. The standard InChI is InChI=1S/C26H27ClN2O6S/c1-28(2)25(31)20-6-4-8-23(16-20)36(34,35)22-11-9-18(10-12-22)13-14-29(26(32)33)17-24(30)19-5-3-7-21(27)15-19/h3-12,15-16,24,30H,13-14,17H2,1-2H3,(H,32,33)/t24-/m0/s1. The largest absolute Gasteiger partial charge is 0.465 e. The van der Waals surface area contributed by atoms with Crippen molar-refractivity contribution in [2.24, 2.45) is 0 Å². The van der Waals surface area contributed by atoms with Crippen LogP contribution in [0.15, 0.2) is 82.6 Å². The van der Waals surface area contributed by atoms with E-state index >= 15 is 0 Å². The van der Waals surface area contributed by atoms with Gasteiger partial charge in [0.05, 0.1) is 22.4 Å². The molecule has 0 aliphatic heterocycles. The number of carboxylic acid groups (broad SMARTS) is 1. The molecule has 3 aromatic carbocycles. The minimum atomic E-state index is -3.85. The van der Waals surface area contributed by atoms with Crippen molar-refractivity contribution in [3.8, 4) is 0 Å². The van der Waals surface area contributed by atoms with E-state index in [0.29, 0.717) is 17.0 Å². The van der Waals surface area contributed by atoms with Crippen LogP contribution in [0.5, 0.6) is 0 Å².